The number of hydrogen-bond acceptors (Lipinski definition) is 4. The highest BCUT2D eigenvalue weighted by Gasteiger charge is 2.32. The number of hydrogen-bond donors (Lipinski definition) is 1. The van der Waals surface area contributed by atoms with Crippen molar-refractivity contribution in [1.82, 2.24) is 10.2 Å². The molecule has 35 heavy (non-hydrogen) atoms. The summed E-state index contributed by atoms with van der Waals surface area (Å²) in [5.74, 6) is -1.46. The van der Waals surface area contributed by atoms with Crippen molar-refractivity contribution in [1.29, 1.82) is 0 Å². The van der Waals surface area contributed by atoms with Crippen LogP contribution < -0.4 is 9.62 Å². The number of amides is 2. The summed E-state index contributed by atoms with van der Waals surface area (Å²) in [4.78, 5) is 28.0. The fourth-order valence-electron chi connectivity index (χ4n) is 3.72. The molecule has 0 aliphatic rings. The van der Waals surface area contributed by atoms with Crippen LogP contribution in [0, 0.1) is 5.82 Å². The maximum absolute atomic E-state index is 13.7. The monoisotopic (exact) mass is 497 g/mol. The smallest absolute Gasteiger partial charge is 0.244 e. The summed E-state index contributed by atoms with van der Waals surface area (Å²) >= 11 is 0. The number of rotatable bonds is 10. The van der Waals surface area contributed by atoms with Crippen LogP contribution in [0.1, 0.15) is 11.1 Å². The minimum absolute atomic E-state index is 0.103. The Bertz CT molecular complexity index is 1240. The van der Waals surface area contributed by atoms with E-state index in [9.17, 15) is 22.4 Å². The van der Waals surface area contributed by atoms with Crippen LogP contribution in [0.25, 0.3) is 0 Å². The summed E-state index contributed by atoms with van der Waals surface area (Å²) < 4.78 is 39.5. The first-order valence-corrected chi connectivity index (χ1v) is 12.9. The average molecular weight is 498 g/mol. The molecular weight excluding hydrogens is 469 g/mol. The third-order valence-corrected chi connectivity index (χ3v) is 6.65. The molecule has 1 atom stereocenters. The van der Waals surface area contributed by atoms with Crippen molar-refractivity contribution in [3.63, 3.8) is 0 Å². The molecule has 0 radical (unpaired) electrons. The van der Waals surface area contributed by atoms with Crippen LogP contribution in [-0.2, 0) is 32.6 Å². The van der Waals surface area contributed by atoms with Crippen molar-refractivity contribution in [3.05, 3.63) is 102 Å². The quantitative estimate of drug-likeness (QED) is 0.467. The zero-order valence-electron chi connectivity index (χ0n) is 19.6. The van der Waals surface area contributed by atoms with Gasteiger partial charge in [-0.3, -0.25) is 13.9 Å². The van der Waals surface area contributed by atoms with Crippen molar-refractivity contribution < 1.29 is 22.4 Å². The van der Waals surface area contributed by atoms with Gasteiger partial charge in [0.1, 0.15) is 18.4 Å². The third kappa shape index (κ3) is 7.13. The molecule has 3 aromatic rings. The van der Waals surface area contributed by atoms with Gasteiger partial charge in [0.05, 0.1) is 11.9 Å². The van der Waals surface area contributed by atoms with E-state index in [1.54, 1.807) is 0 Å². The number of sulfonamides is 1. The first kappa shape index (κ1) is 25.9. The average Bonchev–Trinajstić information content (AvgIpc) is 2.85. The highest BCUT2D eigenvalue weighted by molar-refractivity contribution is 7.92. The van der Waals surface area contributed by atoms with Gasteiger partial charge in [0.15, 0.2) is 0 Å². The van der Waals surface area contributed by atoms with Crippen molar-refractivity contribution in [2.75, 3.05) is 24.2 Å². The van der Waals surface area contributed by atoms with Gasteiger partial charge in [0, 0.05) is 20.0 Å². The Balaban J connectivity index is 1.99. The van der Waals surface area contributed by atoms with E-state index in [2.05, 4.69) is 5.32 Å². The largest absolute Gasteiger partial charge is 0.357 e. The van der Waals surface area contributed by atoms with Crippen molar-refractivity contribution in [2.45, 2.75) is 19.0 Å². The van der Waals surface area contributed by atoms with Gasteiger partial charge in [-0.05, 0) is 35.4 Å². The van der Waals surface area contributed by atoms with E-state index in [0.717, 1.165) is 33.8 Å². The standard InChI is InChI=1S/C26H28FN3O4S/c1-28-26(32)24(17-20-9-5-3-6-10-20)29(18-21-11-7-4-8-12-21)25(31)19-30(35(2,33)34)23-15-13-22(27)14-16-23/h3-16,24H,17-19H2,1-2H3,(H,28,32). The van der Waals surface area contributed by atoms with E-state index in [0.29, 0.717) is 0 Å². The van der Waals surface area contributed by atoms with Gasteiger partial charge in [-0.1, -0.05) is 60.7 Å². The van der Waals surface area contributed by atoms with Gasteiger partial charge >= 0.3 is 0 Å². The summed E-state index contributed by atoms with van der Waals surface area (Å²) in [7, 11) is -2.39. The molecule has 0 spiro atoms. The number of nitrogens with one attached hydrogen (secondary N) is 1. The van der Waals surface area contributed by atoms with Crippen molar-refractivity contribution >= 4 is 27.5 Å². The number of anilines is 1. The molecule has 3 aromatic carbocycles. The molecule has 0 bridgehead atoms. The van der Waals surface area contributed by atoms with E-state index >= 15 is 0 Å². The van der Waals surface area contributed by atoms with Gasteiger partial charge in [-0.25, -0.2) is 12.8 Å². The Labute approximate surface area is 205 Å². The van der Waals surface area contributed by atoms with Gasteiger partial charge < -0.3 is 10.2 Å². The fourth-order valence-corrected chi connectivity index (χ4v) is 4.57. The molecule has 2 amide bonds. The van der Waals surface area contributed by atoms with E-state index in [4.69, 9.17) is 0 Å². The van der Waals surface area contributed by atoms with Crippen LogP contribution >= 0.6 is 0 Å². The van der Waals surface area contributed by atoms with Gasteiger partial charge in [-0.2, -0.15) is 0 Å². The summed E-state index contributed by atoms with van der Waals surface area (Å²) in [6.45, 7) is -0.439. The molecule has 0 saturated carbocycles. The molecule has 0 saturated heterocycles. The SMILES string of the molecule is CNC(=O)C(Cc1ccccc1)N(Cc1ccccc1)C(=O)CN(c1ccc(F)cc1)S(C)(=O)=O. The van der Waals surface area contributed by atoms with E-state index in [1.165, 1.54) is 24.1 Å². The molecule has 7 nitrogen and oxygen atoms in total. The highest BCUT2D eigenvalue weighted by Crippen LogP contribution is 2.20. The summed E-state index contributed by atoms with van der Waals surface area (Å²) in [5.41, 5.74) is 1.79. The lowest BCUT2D eigenvalue weighted by atomic mass is 10.0. The maximum Gasteiger partial charge on any atom is 0.244 e. The molecule has 0 aliphatic carbocycles. The Morgan fingerprint density at radius 3 is 1.94 bits per heavy atom. The fraction of sp³-hybridized carbons (Fsp3) is 0.231. The molecule has 9 heteroatoms. The first-order valence-electron chi connectivity index (χ1n) is 11.0. The molecule has 3 rings (SSSR count). The van der Waals surface area contributed by atoms with Gasteiger partial charge in [0.2, 0.25) is 21.8 Å². The van der Waals surface area contributed by atoms with E-state index < -0.39 is 34.3 Å². The summed E-state index contributed by atoms with van der Waals surface area (Å²) in [5, 5.41) is 2.62. The lowest BCUT2D eigenvalue weighted by Crippen LogP contribution is -2.52. The summed E-state index contributed by atoms with van der Waals surface area (Å²) in [6.07, 6.45) is 1.22. The van der Waals surface area contributed by atoms with Crippen LogP contribution in [0.2, 0.25) is 0 Å². The number of carbonyl (C=O) groups excluding carboxylic acids is 2. The normalized spacial score (nSPS) is 12.0. The van der Waals surface area contributed by atoms with Crippen molar-refractivity contribution in [2.24, 2.45) is 0 Å². The van der Waals surface area contributed by atoms with Gasteiger partial charge in [-0.15, -0.1) is 0 Å². The minimum atomic E-state index is -3.88. The molecule has 184 valence electrons. The van der Waals surface area contributed by atoms with Crippen LogP contribution in [0.3, 0.4) is 0 Å². The van der Waals surface area contributed by atoms with Crippen LogP contribution in [-0.4, -0.2) is 51.0 Å². The molecule has 0 fully saturated rings. The zero-order chi connectivity index (χ0) is 25.4. The summed E-state index contributed by atoms with van der Waals surface area (Å²) in [6, 6.07) is 22.4. The lowest BCUT2D eigenvalue weighted by Gasteiger charge is -2.33. The Hall–Kier alpha value is -3.72. The zero-order valence-corrected chi connectivity index (χ0v) is 20.4. The van der Waals surface area contributed by atoms with Crippen LogP contribution in [0.5, 0.6) is 0 Å². The Morgan fingerprint density at radius 1 is 0.886 bits per heavy atom. The molecule has 0 aliphatic heterocycles. The molecular formula is C26H28FN3O4S. The number of nitrogens with zero attached hydrogens (tertiary/aromatic N) is 2. The second kappa shape index (κ2) is 11.6. The number of carbonyl (C=O) groups is 2. The molecule has 1 N–H and O–H groups in total. The number of likely N-dealkylation sites (N-methyl/N-ethyl adjacent to an activating group) is 1. The van der Waals surface area contributed by atoms with Crippen LogP contribution in [0.15, 0.2) is 84.9 Å². The van der Waals surface area contributed by atoms with E-state index in [1.807, 2.05) is 60.7 Å². The predicted octanol–water partition coefficient (Wildman–Crippen LogP) is 2.98. The Morgan fingerprint density at radius 2 is 1.43 bits per heavy atom. The van der Waals surface area contributed by atoms with E-state index in [-0.39, 0.29) is 24.6 Å². The van der Waals surface area contributed by atoms with Crippen LogP contribution in [0.4, 0.5) is 10.1 Å². The third-order valence-electron chi connectivity index (χ3n) is 5.51. The molecule has 0 aromatic heterocycles. The topological polar surface area (TPSA) is 86.8 Å². The number of benzene rings is 3. The minimum Gasteiger partial charge on any atom is -0.357 e. The maximum atomic E-state index is 13.7. The highest BCUT2D eigenvalue weighted by atomic mass is 32.2. The first-order chi connectivity index (χ1) is 16.7. The Kier molecular flexibility index (Phi) is 8.59. The predicted molar refractivity (Wildman–Crippen MR) is 134 cm³/mol. The van der Waals surface area contributed by atoms with Crippen molar-refractivity contribution in [3.8, 4) is 0 Å². The lowest BCUT2D eigenvalue weighted by molar-refractivity contribution is -0.139. The molecule has 0 heterocycles. The number of halogens is 1. The molecule has 1 unspecified atom stereocenters. The second-order valence-corrected chi connectivity index (χ2v) is 9.98. The second-order valence-electron chi connectivity index (χ2n) is 8.07. The van der Waals surface area contributed by atoms with Gasteiger partial charge in [0.25, 0.3) is 0 Å².